The monoisotopic (exact) mass is 418 g/mol. The van der Waals surface area contributed by atoms with Crippen LogP contribution in [-0.4, -0.2) is 21.3 Å². The smallest absolute Gasteiger partial charge is 0.162 e. The van der Waals surface area contributed by atoms with Gasteiger partial charge in [0.15, 0.2) is 11.6 Å². The number of anilines is 1. The van der Waals surface area contributed by atoms with Crippen LogP contribution >= 0.6 is 15.9 Å². The van der Waals surface area contributed by atoms with E-state index < -0.39 is 0 Å². The van der Waals surface area contributed by atoms with Crippen molar-refractivity contribution in [3.63, 3.8) is 0 Å². The number of fused-ring (bicyclic) bond motifs is 1. The predicted molar refractivity (Wildman–Crippen MR) is 112 cm³/mol. The van der Waals surface area contributed by atoms with Crippen molar-refractivity contribution in [2.24, 2.45) is 5.10 Å². The van der Waals surface area contributed by atoms with E-state index in [-0.39, 0.29) is 5.75 Å². The Hall–Kier alpha value is -3.25. The molecule has 0 fully saturated rings. The van der Waals surface area contributed by atoms with E-state index in [1.807, 2.05) is 48.5 Å². The van der Waals surface area contributed by atoms with Crippen molar-refractivity contribution in [2.75, 3.05) is 5.43 Å². The molecular weight excluding hydrogens is 404 g/mol. The first-order valence-corrected chi connectivity index (χ1v) is 9.09. The Morgan fingerprint density at radius 1 is 0.889 bits per heavy atom. The van der Waals surface area contributed by atoms with E-state index in [4.69, 9.17) is 0 Å². The lowest BCUT2D eigenvalue weighted by Gasteiger charge is -2.08. The van der Waals surface area contributed by atoms with Crippen molar-refractivity contribution in [3.05, 3.63) is 82.8 Å². The van der Waals surface area contributed by atoms with Crippen molar-refractivity contribution in [1.29, 1.82) is 0 Å². The van der Waals surface area contributed by atoms with Gasteiger partial charge in [0.25, 0.3) is 0 Å². The highest BCUT2D eigenvalue weighted by Gasteiger charge is 2.08. The number of para-hydroxylation sites is 1. The second-order valence-corrected chi connectivity index (χ2v) is 6.80. The zero-order valence-corrected chi connectivity index (χ0v) is 15.8. The third-order valence-electron chi connectivity index (χ3n) is 3.98. The van der Waals surface area contributed by atoms with Crippen LogP contribution in [0.5, 0.6) is 5.75 Å². The maximum atomic E-state index is 9.35. The van der Waals surface area contributed by atoms with Crippen LogP contribution in [0.2, 0.25) is 0 Å². The molecule has 0 atom stereocenters. The van der Waals surface area contributed by atoms with E-state index in [9.17, 15) is 5.11 Å². The molecule has 5 nitrogen and oxygen atoms in total. The molecule has 0 aliphatic carbocycles. The molecule has 0 saturated carbocycles. The normalized spacial score (nSPS) is 11.1. The molecular formula is C21H15BrN4O. The first-order chi connectivity index (χ1) is 13.2. The van der Waals surface area contributed by atoms with Gasteiger partial charge in [0.05, 0.1) is 11.7 Å². The van der Waals surface area contributed by atoms with Gasteiger partial charge < -0.3 is 5.11 Å². The van der Waals surface area contributed by atoms with Crippen molar-refractivity contribution >= 4 is 38.9 Å². The van der Waals surface area contributed by atoms with Crippen LogP contribution in [0.1, 0.15) is 5.56 Å². The molecule has 3 aromatic carbocycles. The van der Waals surface area contributed by atoms with Crippen LogP contribution in [0.4, 0.5) is 5.82 Å². The highest BCUT2D eigenvalue weighted by atomic mass is 79.9. The molecule has 0 aliphatic rings. The van der Waals surface area contributed by atoms with E-state index in [0.717, 1.165) is 26.5 Å². The van der Waals surface area contributed by atoms with Crippen LogP contribution in [0.15, 0.2) is 82.4 Å². The van der Waals surface area contributed by atoms with Gasteiger partial charge in [-0.3, -0.25) is 5.43 Å². The average molecular weight is 419 g/mol. The largest absolute Gasteiger partial charge is 0.508 e. The molecule has 0 aliphatic heterocycles. The lowest BCUT2D eigenvalue weighted by Crippen LogP contribution is -1.99. The zero-order valence-electron chi connectivity index (χ0n) is 14.2. The van der Waals surface area contributed by atoms with Gasteiger partial charge in [0.1, 0.15) is 5.75 Å². The summed E-state index contributed by atoms with van der Waals surface area (Å²) in [5, 5.41) is 14.5. The van der Waals surface area contributed by atoms with E-state index in [0.29, 0.717) is 11.6 Å². The van der Waals surface area contributed by atoms with E-state index >= 15 is 0 Å². The highest BCUT2D eigenvalue weighted by molar-refractivity contribution is 9.10. The van der Waals surface area contributed by atoms with Crippen LogP contribution < -0.4 is 5.43 Å². The summed E-state index contributed by atoms with van der Waals surface area (Å²) >= 11 is 3.45. The van der Waals surface area contributed by atoms with Crippen LogP contribution in [-0.2, 0) is 0 Å². The zero-order chi connectivity index (χ0) is 18.6. The Bertz CT molecular complexity index is 1110. The molecule has 132 valence electrons. The third kappa shape index (κ3) is 3.96. The highest BCUT2D eigenvalue weighted by Crippen LogP contribution is 2.25. The number of hydrogen-bond acceptors (Lipinski definition) is 5. The Balaban J connectivity index is 1.70. The molecule has 1 aromatic heterocycles. The van der Waals surface area contributed by atoms with Crippen LogP contribution in [0.25, 0.3) is 22.3 Å². The second-order valence-electron chi connectivity index (χ2n) is 5.88. The fourth-order valence-corrected chi connectivity index (χ4v) is 2.88. The molecule has 0 radical (unpaired) electrons. The summed E-state index contributed by atoms with van der Waals surface area (Å²) in [5.41, 5.74) is 5.65. The fourth-order valence-electron chi connectivity index (χ4n) is 2.62. The van der Waals surface area contributed by atoms with Gasteiger partial charge in [0.2, 0.25) is 0 Å². The fraction of sp³-hybridized carbons (Fsp3) is 0. The molecule has 0 spiro atoms. The number of nitrogens with zero attached hydrogens (tertiary/aromatic N) is 3. The number of hydrogen-bond donors (Lipinski definition) is 2. The van der Waals surface area contributed by atoms with Crippen molar-refractivity contribution in [2.45, 2.75) is 0 Å². The minimum Gasteiger partial charge on any atom is -0.508 e. The second kappa shape index (κ2) is 7.55. The minimum atomic E-state index is 0.223. The third-order valence-corrected chi connectivity index (χ3v) is 4.51. The van der Waals surface area contributed by atoms with Gasteiger partial charge in [-0.15, -0.1) is 0 Å². The number of aromatic hydroxyl groups is 1. The molecule has 0 unspecified atom stereocenters. The summed E-state index contributed by atoms with van der Waals surface area (Å²) in [5.74, 6) is 1.48. The number of aromatic nitrogens is 2. The van der Waals surface area contributed by atoms with Gasteiger partial charge in [-0.05, 0) is 54.1 Å². The standard InChI is InChI=1S/C21H15BrN4O/c22-16-9-7-15(8-10-16)20-24-19-4-2-1-3-18(19)21(25-20)26-23-13-14-5-11-17(27)12-6-14/h1-13,27H,(H,24,25,26). The molecule has 0 saturated heterocycles. The maximum Gasteiger partial charge on any atom is 0.162 e. The Kier molecular flexibility index (Phi) is 4.80. The predicted octanol–water partition coefficient (Wildman–Crippen LogP) is 5.21. The lowest BCUT2D eigenvalue weighted by atomic mass is 10.2. The molecule has 4 rings (SSSR count). The van der Waals surface area contributed by atoms with Gasteiger partial charge in [0, 0.05) is 15.4 Å². The van der Waals surface area contributed by atoms with E-state index in [2.05, 4.69) is 36.4 Å². The number of rotatable bonds is 4. The summed E-state index contributed by atoms with van der Waals surface area (Å²) in [6.07, 6.45) is 1.68. The van der Waals surface area contributed by atoms with Crippen molar-refractivity contribution in [1.82, 2.24) is 9.97 Å². The van der Waals surface area contributed by atoms with Gasteiger partial charge >= 0.3 is 0 Å². The number of halogens is 1. The van der Waals surface area contributed by atoms with Crippen molar-refractivity contribution < 1.29 is 5.11 Å². The molecule has 0 bridgehead atoms. The number of phenolic OH excluding ortho intramolecular Hbond substituents is 1. The first-order valence-electron chi connectivity index (χ1n) is 8.30. The van der Waals surface area contributed by atoms with Crippen LogP contribution in [0, 0.1) is 0 Å². The van der Waals surface area contributed by atoms with Crippen LogP contribution in [0.3, 0.4) is 0 Å². The molecule has 27 heavy (non-hydrogen) atoms. The number of benzene rings is 3. The quantitative estimate of drug-likeness (QED) is 0.352. The molecule has 4 aromatic rings. The molecule has 0 amide bonds. The van der Waals surface area contributed by atoms with Crippen molar-refractivity contribution in [3.8, 4) is 17.1 Å². The van der Waals surface area contributed by atoms with E-state index in [1.54, 1.807) is 30.5 Å². The SMILES string of the molecule is Oc1ccc(C=NNc2nc(-c3ccc(Br)cc3)nc3ccccc23)cc1. The summed E-state index contributed by atoms with van der Waals surface area (Å²) < 4.78 is 1.00. The molecule has 6 heteroatoms. The summed E-state index contributed by atoms with van der Waals surface area (Å²) in [6, 6.07) is 22.5. The van der Waals surface area contributed by atoms with Gasteiger partial charge in [-0.2, -0.15) is 5.10 Å². The number of phenols is 1. The Morgan fingerprint density at radius 2 is 1.63 bits per heavy atom. The maximum absolute atomic E-state index is 9.35. The summed E-state index contributed by atoms with van der Waals surface area (Å²) in [7, 11) is 0. The summed E-state index contributed by atoms with van der Waals surface area (Å²) in [4.78, 5) is 9.32. The average Bonchev–Trinajstić information content (AvgIpc) is 2.70. The van der Waals surface area contributed by atoms with Gasteiger partial charge in [-0.1, -0.05) is 40.2 Å². The minimum absolute atomic E-state index is 0.223. The number of nitrogens with one attached hydrogen (secondary N) is 1. The molecule has 2 N–H and O–H groups in total. The Morgan fingerprint density at radius 3 is 2.41 bits per heavy atom. The molecule has 1 heterocycles. The lowest BCUT2D eigenvalue weighted by molar-refractivity contribution is 0.475. The summed E-state index contributed by atoms with van der Waals surface area (Å²) in [6.45, 7) is 0. The van der Waals surface area contributed by atoms with Gasteiger partial charge in [-0.25, -0.2) is 9.97 Å². The topological polar surface area (TPSA) is 70.4 Å². The Labute approximate surface area is 164 Å². The first kappa shape index (κ1) is 17.2. The number of hydrazone groups is 1. The van der Waals surface area contributed by atoms with E-state index in [1.165, 1.54) is 0 Å².